The van der Waals surface area contributed by atoms with E-state index in [2.05, 4.69) is 19.1 Å². The van der Waals surface area contributed by atoms with Crippen LogP contribution in [-0.2, 0) is 6.42 Å². The Balaban J connectivity index is 2.41. The van der Waals surface area contributed by atoms with Gasteiger partial charge in [0.05, 0.1) is 5.56 Å². The summed E-state index contributed by atoms with van der Waals surface area (Å²) in [5.74, 6) is -0.0615. The van der Waals surface area contributed by atoms with Crippen LogP contribution < -0.4 is 0 Å². The Morgan fingerprint density at radius 2 is 1.90 bits per heavy atom. The number of hydrogen-bond acceptors (Lipinski definition) is 2. The number of benzene rings is 2. The average molecular weight is 268 g/mol. The minimum Gasteiger partial charge on any atom is -0.507 e. The smallest absolute Gasteiger partial charge is 0.163 e. The van der Waals surface area contributed by atoms with Crippen LogP contribution in [0.3, 0.4) is 0 Å². The Morgan fingerprint density at radius 1 is 1.15 bits per heavy atom. The number of phenolic OH excluding ortho intramolecular Hbond substituents is 1. The first-order chi connectivity index (χ1) is 9.63. The molecule has 0 aliphatic rings. The lowest BCUT2D eigenvalue weighted by Gasteiger charge is -2.11. The van der Waals surface area contributed by atoms with Gasteiger partial charge in [-0.15, -0.1) is 0 Å². The summed E-state index contributed by atoms with van der Waals surface area (Å²) in [5, 5.41) is 9.97. The van der Waals surface area contributed by atoms with Gasteiger partial charge < -0.3 is 5.11 Å². The molecular weight excluding hydrogens is 248 g/mol. The van der Waals surface area contributed by atoms with Crippen molar-refractivity contribution in [3.05, 3.63) is 53.6 Å². The van der Waals surface area contributed by atoms with E-state index >= 15 is 0 Å². The molecule has 0 radical (unpaired) electrons. The third-order valence-corrected chi connectivity index (χ3v) is 3.51. The molecule has 0 amide bonds. The Hall–Kier alpha value is -2.09. The first kappa shape index (κ1) is 14.3. The van der Waals surface area contributed by atoms with Gasteiger partial charge in [-0.05, 0) is 48.6 Å². The number of ketones is 1. The first-order valence-corrected chi connectivity index (χ1v) is 7.05. The van der Waals surface area contributed by atoms with Crippen LogP contribution in [0.25, 0.3) is 11.1 Å². The van der Waals surface area contributed by atoms with Gasteiger partial charge in [0.1, 0.15) is 5.75 Å². The zero-order valence-corrected chi connectivity index (χ0v) is 12.0. The maximum absolute atomic E-state index is 11.4. The second kappa shape index (κ2) is 6.38. The highest BCUT2D eigenvalue weighted by atomic mass is 16.3. The van der Waals surface area contributed by atoms with Crippen molar-refractivity contribution in [2.75, 3.05) is 0 Å². The van der Waals surface area contributed by atoms with E-state index in [0.717, 1.165) is 30.4 Å². The number of aryl methyl sites for hydroxylation is 1. The number of phenols is 1. The maximum Gasteiger partial charge on any atom is 0.163 e. The average Bonchev–Trinajstić information content (AvgIpc) is 2.45. The molecule has 0 aromatic heterocycles. The Morgan fingerprint density at radius 3 is 2.55 bits per heavy atom. The zero-order chi connectivity index (χ0) is 14.5. The molecule has 0 heterocycles. The summed E-state index contributed by atoms with van der Waals surface area (Å²) in [6.45, 7) is 3.64. The molecule has 0 spiro atoms. The molecular formula is C18H20O2. The van der Waals surface area contributed by atoms with Crippen LogP contribution in [0.1, 0.15) is 42.6 Å². The van der Waals surface area contributed by atoms with Crippen LogP contribution in [0.15, 0.2) is 42.5 Å². The summed E-state index contributed by atoms with van der Waals surface area (Å²) < 4.78 is 0. The highest BCUT2D eigenvalue weighted by molar-refractivity contribution is 5.97. The fraction of sp³-hybridized carbons (Fsp3) is 0.278. The molecule has 0 bridgehead atoms. The van der Waals surface area contributed by atoms with E-state index in [-0.39, 0.29) is 11.5 Å². The second-order valence-electron chi connectivity index (χ2n) is 5.05. The minimum absolute atomic E-state index is 0.0558. The third kappa shape index (κ3) is 3.08. The van der Waals surface area contributed by atoms with Gasteiger partial charge in [-0.1, -0.05) is 43.7 Å². The van der Waals surface area contributed by atoms with Crippen LogP contribution >= 0.6 is 0 Å². The molecule has 0 fully saturated rings. The summed E-state index contributed by atoms with van der Waals surface area (Å²) in [7, 11) is 0. The Bertz CT molecular complexity index is 615. The number of aromatic hydroxyl groups is 1. The molecule has 0 aliphatic carbocycles. The van der Waals surface area contributed by atoms with Crippen molar-refractivity contribution in [1.82, 2.24) is 0 Å². The van der Waals surface area contributed by atoms with E-state index in [0.29, 0.717) is 5.56 Å². The van der Waals surface area contributed by atoms with Gasteiger partial charge in [-0.3, -0.25) is 4.79 Å². The van der Waals surface area contributed by atoms with Crippen molar-refractivity contribution in [3.63, 3.8) is 0 Å². The summed E-state index contributed by atoms with van der Waals surface area (Å²) in [4.78, 5) is 11.4. The quantitative estimate of drug-likeness (QED) is 0.804. The molecule has 2 heteroatoms. The lowest BCUT2D eigenvalue weighted by molar-refractivity contribution is 0.101. The summed E-state index contributed by atoms with van der Waals surface area (Å²) >= 11 is 0. The topological polar surface area (TPSA) is 37.3 Å². The van der Waals surface area contributed by atoms with Gasteiger partial charge >= 0.3 is 0 Å². The van der Waals surface area contributed by atoms with E-state index in [4.69, 9.17) is 0 Å². The monoisotopic (exact) mass is 268 g/mol. The van der Waals surface area contributed by atoms with Crippen molar-refractivity contribution < 1.29 is 9.90 Å². The molecule has 0 saturated heterocycles. The van der Waals surface area contributed by atoms with Crippen LogP contribution in [-0.4, -0.2) is 10.9 Å². The number of carbonyl (C=O) groups excluding carboxylic acids is 1. The molecule has 2 nitrogen and oxygen atoms in total. The Kier molecular flexibility index (Phi) is 4.57. The standard InChI is InChI=1S/C18H20O2/c1-3-4-7-14-8-5-6-9-17(14)15-10-11-16(13(2)19)18(20)12-15/h5-6,8-12,20H,3-4,7H2,1-2H3. The molecule has 1 N–H and O–H groups in total. The van der Waals surface area contributed by atoms with Crippen molar-refractivity contribution in [1.29, 1.82) is 0 Å². The summed E-state index contributed by atoms with van der Waals surface area (Å²) in [6.07, 6.45) is 3.33. The van der Waals surface area contributed by atoms with Crippen LogP contribution in [0.4, 0.5) is 0 Å². The fourth-order valence-corrected chi connectivity index (χ4v) is 2.38. The molecule has 2 aromatic rings. The van der Waals surface area contributed by atoms with Crippen molar-refractivity contribution in [2.45, 2.75) is 33.1 Å². The van der Waals surface area contributed by atoms with Crippen molar-refractivity contribution in [3.8, 4) is 16.9 Å². The number of hydrogen-bond donors (Lipinski definition) is 1. The zero-order valence-electron chi connectivity index (χ0n) is 12.0. The molecule has 0 atom stereocenters. The number of carbonyl (C=O) groups is 1. The largest absolute Gasteiger partial charge is 0.507 e. The molecule has 0 saturated carbocycles. The van der Waals surface area contributed by atoms with Gasteiger partial charge in [0.25, 0.3) is 0 Å². The number of Topliss-reactive ketones (excluding diaryl/α,β-unsaturated/α-hetero) is 1. The maximum atomic E-state index is 11.4. The van der Waals surface area contributed by atoms with Crippen LogP contribution in [0, 0.1) is 0 Å². The van der Waals surface area contributed by atoms with E-state index < -0.39 is 0 Å². The first-order valence-electron chi connectivity index (χ1n) is 7.05. The van der Waals surface area contributed by atoms with Gasteiger partial charge in [0.15, 0.2) is 5.78 Å². The van der Waals surface area contributed by atoms with Gasteiger partial charge in [-0.25, -0.2) is 0 Å². The molecule has 2 rings (SSSR count). The van der Waals surface area contributed by atoms with Crippen LogP contribution in [0.2, 0.25) is 0 Å². The normalized spacial score (nSPS) is 10.5. The molecule has 104 valence electrons. The van der Waals surface area contributed by atoms with Gasteiger partial charge in [0, 0.05) is 0 Å². The third-order valence-electron chi connectivity index (χ3n) is 3.51. The summed E-state index contributed by atoms with van der Waals surface area (Å²) in [6, 6.07) is 13.5. The number of rotatable bonds is 5. The van der Waals surface area contributed by atoms with E-state index in [9.17, 15) is 9.90 Å². The summed E-state index contributed by atoms with van der Waals surface area (Å²) in [5.41, 5.74) is 3.75. The predicted octanol–water partition coefficient (Wildman–Crippen LogP) is 4.60. The minimum atomic E-state index is -0.117. The van der Waals surface area contributed by atoms with E-state index in [1.807, 2.05) is 18.2 Å². The Labute approximate surface area is 120 Å². The second-order valence-corrected chi connectivity index (χ2v) is 5.05. The molecule has 0 aliphatic heterocycles. The number of unbranched alkanes of at least 4 members (excludes halogenated alkanes) is 1. The van der Waals surface area contributed by atoms with Crippen molar-refractivity contribution >= 4 is 5.78 Å². The van der Waals surface area contributed by atoms with Gasteiger partial charge in [-0.2, -0.15) is 0 Å². The molecule has 0 unspecified atom stereocenters. The molecule has 20 heavy (non-hydrogen) atoms. The predicted molar refractivity (Wildman–Crippen MR) is 82.2 cm³/mol. The SMILES string of the molecule is CCCCc1ccccc1-c1ccc(C(C)=O)c(O)c1. The lowest BCUT2D eigenvalue weighted by Crippen LogP contribution is -1.94. The highest BCUT2D eigenvalue weighted by Gasteiger charge is 2.10. The van der Waals surface area contributed by atoms with Crippen LogP contribution in [0.5, 0.6) is 5.75 Å². The fourth-order valence-electron chi connectivity index (χ4n) is 2.38. The molecule has 2 aromatic carbocycles. The lowest BCUT2D eigenvalue weighted by atomic mass is 9.95. The van der Waals surface area contributed by atoms with E-state index in [1.54, 1.807) is 12.1 Å². The van der Waals surface area contributed by atoms with E-state index in [1.165, 1.54) is 12.5 Å². The highest BCUT2D eigenvalue weighted by Crippen LogP contribution is 2.29. The van der Waals surface area contributed by atoms with Crippen molar-refractivity contribution in [2.24, 2.45) is 0 Å². The van der Waals surface area contributed by atoms with Gasteiger partial charge in [0.2, 0.25) is 0 Å².